The normalized spacial score (nSPS) is 12.2. The Balaban J connectivity index is 1.98. The van der Waals surface area contributed by atoms with Gasteiger partial charge >= 0.3 is 0 Å². The molecule has 0 saturated carbocycles. The van der Waals surface area contributed by atoms with Gasteiger partial charge in [0.15, 0.2) is 5.65 Å². The van der Waals surface area contributed by atoms with Crippen LogP contribution in [0.15, 0.2) is 36.1 Å². The molecule has 0 unspecified atom stereocenters. The van der Waals surface area contributed by atoms with Gasteiger partial charge in [0.25, 0.3) is 0 Å². The first-order valence-corrected chi connectivity index (χ1v) is 8.64. The Bertz CT molecular complexity index is 811. The Hall–Kier alpha value is -1.94. The molecule has 3 nitrogen and oxygen atoms in total. The summed E-state index contributed by atoms with van der Waals surface area (Å²) < 4.78 is 1.83. The molecule has 3 aromatic heterocycles. The second-order valence-corrected chi connectivity index (χ2v) is 6.46. The number of rotatable bonds is 5. The van der Waals surface area contributed by atoms with Gasteiger partial charge in [-0.25, -0.2) is 9.50 Å². The van der Waals surface area contributed by atoms with Crippen molar-refractivity contribution in [2.45, 2.75) is 40.0 Å². The largest absolute Gasteiger partial charge is 0.236 e. The van der Waals surface area contributed by atoms with Crippen LogP contribution >= 0.6 is 11.3 Å². The first-order chi connectivity index (χ1) is 10.7. The van der Waals surface area contributed by atoms with Gasteiger partial charge in [0.1, 0.15) is 0 Å². The molecule has 0 aliphatic carbocycles. The lowest BCUT2D eigenvalue weighted by Crippen LogP contribution is -1.88. The van der Waals surface area contributed by atoms with Crippen LogP contribution < -0.4 is 0 Å². The highest BCUT2D eigenvalue weighted by atomic mass is 32.1. The van der Waals surface area contributed by atoms with Crippen LogP contribution in [0.2, 0.25) is 0 Å². The number of unbranched alkanes of at least 4 members (excludes halogenated alkanes) is 2. The van der Waals surface area contributed by atoms with Gasteiger partial charge in [-0.15, -0.1) is 11.3 Å². The van der Waals surface area contributed by atoms with Crippen molar-refractivity contribution >= 4 is 22.6 Å². The van der Waals surface area contributed by atoms with Gasteiger partial charge in [0.2, 0.25) is 0 Å². The Kier molecular flexibility index (Phi) is 4.39. The Morgan fingerprint density at radius 1 is 1.41 bits per heavy atom. The van der Waals surface area contributed by atoms with Gasteiger partial charge < -0.3 is 0 Å². The maximum Gasteiger partial charge on any atom is 0.163 e. The Labute approximate surface area is 135 Å². The summed E-state index contributed by atoms with van der Waals surface area (Å²) in [6.07, 6.45) is 11.7. The number of fused-ring (bicyclic) bond motifs is 1. The van der Waals surface area contributed by atoms with E-state index in [1.807, 2.05) is 29.2 Å². The monoisotopic (exact) mass is 311 g/mol. The molecular formula is C18H21N3S. The molecule has 4 heteroatoms. The summed E-state index contributed by atoms with van der Waals surface area (Å²) in [5.41, 5.74) is 6.10. The van der Waals surface area contributed by atoms with Gasteiger partial charge in [0.05, 0.1) is 11.8 Å². The van der Waals surface area contributed by atoms with Crippen molar-refractivity contribution in [3.05, 3.63) is 47.2 Å². The van der Waals surface area contributed by atoms with Crippen LogP contribution in [0.4, 0.5) is 0 Å². The Morgan fingerprint density at radius 2 is 2.27 bits per heavy atom. The van der Waals surface area contributed by atoms with Crippen molar-refractivity contribution in [3.63, 3.8) is 0 Å². The van der Waals surface area contributed by atoms with E-state index in [4.69, 9.17) is 0 Å². The van der Waals surface area contributed by atoms with E-state index in [9.17, 15) is 0 Å². The summed E-state index contributed by atoms with van der Waals surface area (Å²) in [4.78, 5) is 5.74. The average molecular weight is 311 g/mol. The maximum absolute atomic E-state index is 4.47. The van der Waals surface area contributed by atoms with E-state index in [1.165, 1.54) is 34.4 Å². The summed E-state index contributed by atoms with van der Waals surface area (Å²) >= 11 is 1.78. The highest BCUT2D eigenvalue weighted by molar-refractivity contribution is 7.14. The predicted octanol–water partition coefficient (Wildman–Crippen LogP) is 5.36. The third-order valence-electron chi connectivity index (χ3n) is 4.00. The molecule has 0 aliphatic rings. The first kappa shape index (κ1) is 15.0. The summed E-state index contributed by atoms with van der Waals surface area (Å²) in [7, 11) is 0. The first-order valence-electron chi connectivity index (χ1n) is 7.76. The fraction of sp³-hybridized carbons (Fsp3) is 0.333. The third kappa shape index (κ3) is 2.71. The van der Waals surface area contributed by atoms with Crippen LogP contribution in [0.5, 0.6) is 0 Å². The van der Waals surface area contributed by atoms with Gasteiger partial charge in [-0.2, -0.15) is 5.10 Å². The molecule has 0 N–H and O–H groups in total. The zero-order chi connectivity index (χ0) is 15.5. The number of nitrogens with zero attached hydrogens (tertiary/aromatic N) is 3. The molecule has 0 radical (unpaired) electrons. The van der Waals surface area contributed by atoms with Crippen molar-refractivity contribution in [2.75, 3.05) is 0 Å². The maximum atomic E-state index is 4.47. The zero-order valence-corrected chi connectivity index (χ0v) is 14.2. The molecule has 0 bridgehead atoms. The van der Waals surface area contributed by atoms with E-state index in [1.54, 1.807) is 11.3 Å². The third-order valence-corrected chi connectivity index (χ3v) is 5.11. The lowest BCUT2D eigenvalue weighted by Gasteiger charge is -2.03. The van der Waals surface area contributed by atoms with Gasteiger partial charge in [-0.05, 0) is 48.4 Å². The second-order valence-electron chi connectivity index (χ2n) is 5.58. The standard InChI is InChI=1S/C18H21N3S/c1-4-5-6-8-13(2)16-12-22-17(14(16)3)15-11-20-21-10-7-9-19-18(15)21/h7-12H,4-6H2,1-3H3/b13-8-. The SMILES string of the molecule is CCCC/C=C(/C)c1csc(-c2cnn3cccnc23)c1C. The minimum Gasteiger partial charge on any atom is -0.236 e. The van der Waals surface area contributed by atoms with E-state index < -0.39 is 0 Å². The summed E-state index contributed by atoms with van der Waals surface area (Å²) in [6, 6.07) is 1.90. The molecule has 3 rings (SSSR count). The van der Waals surface area contributed by atoms with Crippen molar-refractivity contribution in [2.24, 2.45) is 0 Å². The summed E-state index contributed by atoms with van der Waals surface area (Å²) in [5, 5.41) is 6.66. The molecule has 3 heterocycles. The molecule has 114 valence electrons. The lowest BCUT2D eigenvalue weighted by molar-refractivity contribution is 0.815. The molecule has 3 aromatic rings. The van der Waals surface area contributed by atoms with E-state index >= 15 is 0 Å². The minimum absolute atomic E-state index is 0.923. The lowest BCUT2D eigenvalue weighted by atomic mass is 10.0. The van der Waals surface area contributed by atoms with Crippen LogP contribution in [-0.4, -0.2) is 14.6 Å². The fourth-order valence-electron chi connectivity index (χ4n) is 2.69. The van der Waals surface area contributed by atoms with Crippen LogP contribution in [0, 0.1) is 6.92 Å². The molecule has 0 atom stereocenters. The second kappa shape index (κ2) is 6.44. The molecule has 0 amide bonds. The van der Waals surface area contributed by atoms with E-state index in [-0.39, 0.29) is 0 Å². The molecule has 0 saturated heterocycles. The van der Waals surface area contributed by atoms with E-state index in [0.717, 1.165) is 17.6 Å². The van der Waals surface area contributed by atoms with Crippen LogP contribution in [-0.2, 0) is 0 Å². The smallest absolute Gasteiger partial charge is 0.163 e. The fourth-order valence-corrected chi connectivity index (χ4v) is 3.85. The van der Waals surface area contributed by atoms with E-state index in [0.29, 0.717) is 0 Å². The number of hydrogen-bond acceptors (Lipinski definition) is 3. The van der Waals surface area contributed by atoms with Crippen molar-refractivity contribution in [1.29, 1.82) is 0 Å². The zero-order valence-electron chi connectivity index (χ0n) is 13.3. The highest BCUT2D eigenvalue weighted by Crippen LogP contribution is 2.36. The van der Waals surface area contributed by atoms with Crippen LogP contribution in [0.3, 0.4) is 0 Å². The number of allylic oxidation sites excluding steroid dienone is 2. The molecule has 22 heavy (non-hydrogen) atoms. The molecular weight excluding hydrogens is 290 g/mol. The summed E-state index contributed by atoms with van der Waals surface area (Å²) in [6.45, 7) is 6.64. The van der Waals surface area contributed by atoms with Gasteiger partial charge in [-0.1, -0.05) is 25.8 Å². The highest BCUT2D eigenvalue weighted by Gasteiger charge is 2.15. The molecule has 0 fully saturated rings. The average Bonchev–Trinajstić information content (AvgIpc) is 3.11. The van der Waals surface area contributed by atoms with Crippen molar-refractivity contribution < 1.29 is 0 Å². The van der Waals surface area contributed by atoms with E-state index in [2.05, 4.69) is 42.3 Å². The van der Waals surface area contributed by atoms with Gasteiger partial charge in [-0.3, -0.25) is 0 Å². The number of aromatic nitrogens is 3. The topological polar surface area (TPSA) is 30.2 Å². The molecule has 0 aromatic carbocycles. The van der Waals surface area contributed by atoms with Crippen LogP contribution in [0.25, 0.3) is 21.7 Å². The van der Waals surface area contributed by atoms with Crippen LogP contribution in [0.1, 0.15) is 44.2 Å². The summed E-state index contributed by atoms with van der Waals surface area (Å²) in [5.74, 6) is 0. The van der Waals surface area contributed by atoms with Crippen molar-refractivity contribution in [3.8, 4) is 10.4 Å². The predicted molar refractivity (Wildman–Crippen MR) is 94.2 cm³/mol. The van der Waals surface area contributed by atoms with Crippen molar-refractivity contribution in [1.82, 2.24) is 14.6 Å². The molecule has 0 aliphatic heterocycles. The molecule has 0 spiro atoms. The minimum atomic E-state index is 0.923. The Morgan fingerprint density at radius 3 is 3.09 bits per heavy atom. The number of hydrogen-bond donors (Lipinski definition) is 0. The number of thiophene rings is 1. The van der Waals surface area contributed by atoms with Gasteiger partial charge in [0, 0.05) is 17.3 Å². The quantitative estimate of drug-likeness (QED) is 0.594.